The lowest BCUT2D eigenvalue weighted by molar-refractivity contribution is 0.0792. The Hall–Kier alpha value is -3.74. The van der Waals surface area contributed by atoms with Crippen molar-refractivity contribution < 1.29 is 13.9 Å². The SMILES string of the molecule is COc1ccc2cc(C(=O)N(C)CCCc3cc(-c4ccc(F)cc4)n[nH]3)c(C)nc2c1. The first kappa shape index (κ1) is 21.5. The summed E-state index contributed by atoms with van der Waals surface area (Å²) in [5.41, 5.74) is 4.71. The largest absolute Gasteiger partial charge is 0.497 e. The molecule has 0 saturated carbocycles. The number of hydrogen-bond acceptors (Lipinski definition) is 4. The van der Waals surface area contributed by atoms with Crippen LogP contribution in [0.3, 0.4) is 0 Å². The van der Waals surface area contributed by atoms with Gasteiger partial charge in [-0.2, -0.15) is 5.10 Å². The van der Waals surface area contributed by atoms with Crippen molar-refractivity contribution in [1.29, 1.82) is 0 Å². The molecule has 6 nitrogen and oxygen atoms in total. The molecule has 164 valence electrons. The number of nitrogens with zero attached hydrogens (tertiary/aromatic N) is 3. The van der Waals surface area contributed by atoms with E-state index in [-0.39, 0.29) is 11.7 Å². The van der Waals surface area contributed by atoms with Crippen LogP contribution < -0.4 is 4.74 Å². The molecule has 2 heterocycles. The number of carbonyl (C=O) groups excluding carboxylic acids is 1. The van der Waals surface area contributed by atoms with E-state index in [1.54, 1.807) is 31.2 Å². The molecule has 0 aliphatic carbocycles. The lowest BCUT2D eigenvalue weighted by atomic mass is 10.1. The van der Waals surface area contributed by atoms with E-state index in [9.17, 15) is 9.18 Å². The molecule has 4 aromatic rings. The fraction of sp³-hybridized carbons (Fsp3) is 0.240. The predicted octanol–water partition coefficient (Wildman–Crippen LogP) is 4.79. The Morgan fingerprint density at radius 1 is 1.12 bits per heavy atom. The second kappa shape index (κ2) is 9.18. The van der Waals surface area contributed by atoms with Gasteiger partial charge in [-0.1, -0.05) is 0 Å². The van der Waals surface area contributed by atoms with Crippen molar-refractivity contribution in [2.75, 3.05) is 20.7 Å². The Morgan fingerprint density at radius 3 is 2.66 bits per heavy atom. The van der Waals surface area contributed by atoms with Crippen LogP contribution in [0.15, 0.2) is 54.6 Å². The monoisotopic (exact) mass is 432 g/mol. The number of amides is 1. The molecule has 0 aliphatic rings. The molecule has 0 saturated heterocycles. The Balaban J connectivity index is 1.38. The van der Waals surface area contributed by atoms with Gasteiger partial charge in [0.2, 0.25) is 0 Å². The van der Waals surface area contributed by atoms with Crippen molar-refractivity contribution in [2.24, 2.45) is 0 Å². The van der Waals surface area contributed by atoms with Gasteiger partial charge in [-0.25, -0.2) is 4.39 Å². The molecule has 32 heavy (non-hydrogen) atoms. The van der Waals surface area contributed by atoms with Gasteiger partial charge in [0, 0.05) is 36.3 Å². The van der Waals surface area contributed by atoms with Gasteiger partial charge < -0.3 is 9.64 Å². The molecule has 0 radical (unpaired) electrons. The van der Waals surface area contributed by atoms with Gasteiger partial charge in [0.15, 0.2) is 0 Å². The minimum absolute atomic E-state index is 0.0515. The normalized spacial score (nSPS) is 11.0. The number of aromatic amines is 1. The summed E-state index contributed by atoms with van der Waals surface area (Å²) in [4.78, 5) is 19.3. The van der Waals surface area contributed by atoms with Crippen LogP contribution in [0.1, 0.15) is 28.2 Å². The van der Waals surface area contributed by atoms with Crippen LogP contribution in [-0.4, -0.2) is 46.7 Å². The number of aryl methyl sites for hydroxylation is 2. The highest BCUT2D eigenvalue weighted by Gasteiger charge is 2.16. The van der Waals surface area contributed by atoms with E-state index in [0.717, 1.165) is 46.4 Å². The molecule has 0 spiro atoms. The fourth-order valence-electron chi connectivity index (χ4n) is 3.66. The highest BCUT2D eigenvalue weighted by atomic mass is 19.1. The van der Waals surface area contributed by atoms with Crippen molar-refractivity contribution in [1.82, 2.24) is 20.1 Å². The van der Waals surface area contributed by atoms with Gasteiger partial charge in [-0.05, 0) is 68.3 Å². The number of H-pyrrole nitrogens is 1. The number of aromatic nitrogens is 3. The molecular weight excluding hydrogens is 407 g/mol. The molecule has 0 aliphatic heterocycles. The van der Waals surface area contributed by atoms with Crippen molar-refractivity contribution >= 4 is 16.8 Å². The Labute approximate surface area is 186 Å². The number of nitrogens with one attached hydrogen (secondary N) is 1. The van der Waals surface area contributed by atoms with Crippen molar-refractivity contribution in [2.45, 2.75) is 19.8 Å². The van der Waals surface area contributed by atoms with Crippen LogP contribution in [-0.2, 0) is 6.42 Å². The van der Waals surface area contributed by atoms with Crippen molar-refractivity contribution in [3.05, 3.63) is 77.4 Å². The number of ether oxygens (including phenoxy) is 1. The summed E-state index contributed by atoms with van der Waals surface area (Å²) in [7, 11) is 3.42. The number of fused-ring (bicyclic) bond motifs is 1. The first-order chi connectivity index (χ1) is 15.4. The van der Waals surface area contributed by atoms with Crippen molar-refractivity contribution in [3.8, 4) is 17.0 Å². The number of methoxy groups -OCH3 is 1. The molecule has 4 rings (SSSR count). The van der Waals surface area contributed by atoms with E-state index < -0.39 is 0 Å². The number of pyridine rings is 1. The number of rotatable bonds is 7. The van der Waals surface area contributed by atoms with Gasteiger partial charge >= 0.3 is 0 Å². The zero-order chi connectivity index (χ0) is 22.7. The van der Waals surface area contributed by atoms with E-state index in [4.69, 9.17) is 4.74 Å². The third-order valence-corrected chi connectivity index (χ3v) is 5.50. The summed E-state index contributed by atoms with van der Waals surface area (Å²) in [6.45, 7) is 2.45. The van der Waals surface area contributed by atoms with Crippen molar-refractivity contribution in [3.63, 3.8) is 0 Å². The highest BCUT2D eigenvalue weighted by Crippen LogP contribution is 2.23. The molecule has 0 atom stereocenters. The van der Waals surface area contributed by atoms with Crippen LogP contribution in [0.4, 0.5) is 4.39 Å². The third kappa shape index (κ3) is 4.61. The fourth-order valence-corrected chi connectivity index (χ4v) is 3.66. The van der Waals surface area contributed by atoms with E-state index in [1.165, 1.54) is 12.1 Å². The maximum Gasteiger partial charge on any atom is 0.255 e. The summed E-state index contributed by atoms with van der Waals surface area (Å²) in [6, 6.07) is 15.7. The van der Waals surface area contributed by atoms with Crippen LogP contribution in [0.2, 0.25) is 0 Å². The second-order valence-electron chi connectivity index (χ2n) is 7.80. The number of halogens is 1. The van der Waals surface area contributed by atoms with Crippen LogP contribution in [0.25, 0.3) is 22.2 Å². The Kier molecular flexibility index (Phi) is 6.16. The van der Waals surface area contributed by atoms with Gasteiger partial charge in [0.05, 0.1) is 29.6 Å². The molecule has 1 amide bonds. The molecule has 2 aromatic carbocycles. The second-order valence-corrected chi connectivity index (χ2v) is 7.80. The zero-order valence-corrected chi connectivity index (χ0v) is 18.4. The summed E-state index contributed by atoms with van der Waals surface area (Å²) in [5.74, 6) is 0.417. The summed E-state index contributed by atoms with van der Waals surface area (Å²) < 4.78 is 18.4. The van der Waals surface area contributed by atoms with E-state index >= 15 is 0 Å². The molecular formula is C25H25FN4O2. The topological polar surface area (TPSA) is 71.1 Å². The third-order valence-electron chi connectivity index (χ3n) is 5.50. The quantitative estimate of drug-likeness (QED) is 0.456. The zero-order valence-electron chi connectivity index (χ0n) is 18.4. The minimum atomic E-state index is -0.270. The van der Waals surface area contributed by atoms with Gasteiger partial charge in [-0.15, -0.1) is 0 Å². The maximum atomic E-state index is 13.1. The molecule has 0 bridgehead atoms. The lowest BCUT2D eigenvalue weighted by Gasteiger charge is -2.18. The Bertz CT molecular complexity index is 1250. The summed E-state index contributed by atoms with van der Waals surface area (Å²) >= 11 is 0. The minimum Gasteiger partial charge on any atom is -0.497 e. The summed E-state index contributed by atoms with van der Waals surface area (Å²) in [6.07, 6.45) is 1.53. The molecule has 0 fully saturated rings. The number of hydrogen-bond donors (Lipinski definition) is 1. The molecule has 7 heteroatoms. The summed E-state index contributed by atoms with van der Waals surface area (Å²) in [5, 5.41) is 8.23. The van der Waals surface area contributed by atoms with Crippen LogP contribution in [0, 0.1) is 12.7 Å². The maximum absolute atomic E-state index is 13.1. The number of carbonyl (C=O) groups is 1. The standard InChI is InChI=1S/C25H25FN4O2/c1-16-22(13-18-8-11-21(32-3)15-23(18)27-16)25(31)30(2)12-4-5-20-14-24(29-28-20)17-6-9-19(26)10-7-17/h6-11,13-15H,4-5,12H2,1-3H3,(H,28,29). The van der Waals surface area contributed by atoms with E-state index in [2.05, 4.69) is 15.2 Å². The predicted molar refractivity (Wildman–Crippen MR) is 122 cm³/mol. The van der Waals surface area contributed by atoms with Gasteiger partial charge in [-0.3, -0.25) is 14.9 Å². The molecule has 1 N–H and O–H groups in total. The first-order valence-corrected chi connectivity index (χ1v) is 10.5. The van der Waals surface area contributed by atoms with E-state index in [0.29, 0.717) is 17.8 Å². The Morgan fingerprint density at radius 2 is 1.91 bits per heavy atom. The number of benzene rings is 2. The van der Waals surface area contributed by atoms with Crippen LogP contribution >= 0.6 is 0 Å². The smallest absolute Gasteiger partial charge is 0.255 e. The lowest BCUT2D eigenvalue weighted by Crippen LogP contribution is -2.28. The average Bonchev–Trinajstić information content (AvgIpc) is 3.27. The highest BCUT2D eigenvalue weighted by molar-refractivity contribution is 5.98. The molecule has 2 aromatic heterocycles. The van der Waals surface area contributed by atoms with E-state index in [1.807, 2.05) is 37.3 Å². The average molecular weight is 432 g/mol. The van der Waals surface area contributed by atoms with Gasteiger partial charge in [0.1, 0.15) is 11.6 Å². The molecule has 0 unspecified atom stereocenters. The first-order valence-electron chi connectivity index (χ1n) is 10.5. The van der Waals surface area contributed by atoms with Gasteiger partial charge in [0.25, 0.3) is 5.91 Å². The van der Waals surface area contributed by atoms with Crippen LogP contribution in [0.5, 0.6) is 5.75 Å².